The average Bonchev–Trinajstić information content (AvgIpc) is 3.23. The molecule has 4 aromatic rings. The number of aromatic nitrogens is 4. The second-order valence-corrected chi connectivity index (χ2v) is 9.95. The van der Waals surface area contributed by atoms with Crippen LogP contribution >= 0.6 is 0 Å². The minimum atomic E-state index is -0.720. The molecule has 38 heavy (non-hydrogen) atoms. The van der Waals surface area contributed by atoms with Crippen molar-refractivity contribution in [1.82, 2.24) is 18.7 Å². The first-order valence-corrected chi connectivity index (χ1v) is 12.8. The van der Waals surface area contributed by atoms with Crippen LogP contribution in [0.5, 0.6) is 0 Å². The number of aliphatic hydroxyl groups excluding tert-OH is 1. The third-order valence-electron chi connectivity index (χ3n) is 6.71. The Bertz CT molecular complexity index is 1450. The van der Waals surface area contributed by atoms with Crippen LogP contribution < -0.4 is 34.3 Å². The number of fused-ring (bicyclic) bond motifs is 1. The molecule has 10 heteroatoms. The molecule has 0 saturated carbocycles. The normalized spacial score (nSPS) is 13.6. The first-order chi connectivity index (χ1) is 17.7. The van der Waals surface area contributed by atoms with E-state index in [-0.39, 0.29) is 31.0 Å². The van der Waals surface area contributed by atoms with Crippen molar-refractivity contribution in [3.8, 4) is 0 Å². The monoisotopic (exact) mass is 540 g/mol. The van der Waals surface area contributed by atoms with Gasteiger partial charge >= 0.3 is 5.69 Å². The van der Waals surface area contributed by atoms with Gasteiger partial charge in [-0.05, 0) is 31.4 Å². The molecule has 3 unspecified atom stereocenters. The number of hydrogen-bond donors (Lipinski definition) is 3. The van der Waals surface area contributed by atoms with Crippen molar-refractivity contribution < 1.29 is 22.8 Å². The average molecular weight is 541 g/mol. The van der Waals surface area contributed by atoms with Gasteiger partial charge in [0.05, 0.1) is 12.6 Å². The van der Waals surface area contributed by atoms with Crippen molar-refractivity contribution >= 4 is 17.1 Å². The Labute approximate surface area is 228 Å². The van der Waals surface area contributed by atoms with E-state index in [1.54, 1.807) is 11.6 Å². The lowest BCUT2D eigenvalue weighted by Crippen LogP contribution is -3.00. The minimum Gasteiger partial charge on any atom is -1.00 e. The summed E-state index contributed by atoms with van der Waals surface area (Å²) in [7, 11) is 3.07. The third kappa shape index (κ3) is 6.72. The molecule has 9 nitrogen and oxygen atoms in total. The van der Waals surface area contributed by atoms with Crippen LogP contribution in [0.1, 0.15) is 25.0 Å². The quantitative estimate of drug-likeness (QED) is 0.205. The molecule has 0 spiro atoms. The Morgan fingerprint density at radius 2 is 1.50 bits per heavy atom. The zero-order valence-corrected chi connectivity index (χ0v) is 23.1. The van der Waals surface area contributed by atoms with Crippen LogP contribution in [-0.4, -0.2) is 48.5 Å². The number of quaternary nitrogens is 1. The van der Waals surface area contributed by atoms with Crippen LogP contribution in [-0.2, 0) is 33.5 Å². The first kappa shape index (κ1) is 29.2. The number of imidazole rings is 1. The second-order valence-electron chi connectivity index (χ2n) is 9.95. The molecule has 0 amide bonds. The molecule has 2 aromatic heterocycles. The van der Waals surface area contributed by atoms with Crippen LogP contribution in [0, 0.1) is 0 Å². The van der Waals surface area contributed by atoms with Gasteiger partial charge in [-0.2, -0.15) is 4.98 Å². The van der Waals surface area contributed by atoms with Gasteiger partial charge in [0, 0.05) is 26.6 Å². The molecular formula is C28H37ClN6O3. The number of aliphatic hydroxyl groups is 1. The Hall–Kier alpha value is -3.40. The third-order valence-corrected chi connectivity index (χ3v) is 6.71. The summed E-state index contributed by atoms with van der Waals surface area (Å²) in [6, 6.07) is 20.7. The summed E-state index contributed by atoms with van der Waals surface area (Å²) >= 11 is 0. The standard InChI is InChI=1S/C28H36N6O3.ClH/c1-19(15-21-11-7-5-8-12-21)29-17-23(35)18-34-24-25(32(3)28(37)33(4)26(24)36)31-27(34)30-20(2)16-22-13-9-6-10-14-22;/h5-14,19-20,23,29,35H,15-18H2,1-4H3,(H,30,31);1H. The fraction of sp³-hybridized carbons (Fsp3) is 0.393. The second kappa shape index (κ2) is 12.9. The lowest BCUT2D eigenvalue weighted by Gasteiger charge is -2.19. The lowest BCUT2D eigenvalue weighted by molar-refractivity contribution is -0.691. The molecule has 0 aliphatic carbocycles. The highest BCUT2D eigenvalue weighted by molar-refractivity contribution is 5.74. The van der Waals surface area contributed by atoms with Crippen LogP contribution in [0.4, 0.5) is 5.95 Å². The molecule has 0 aliphatic heterocycles. The summed E-state index contributed by atoms with van der Waals surface area (Å²) in [5.74, 6) is 0.466. The smallest absolute Gasteiger partial charge is 0.332 e. The molecule has 0 aliphatic rings. The largest absolute Gasteiger partial charge is 1.00 e. The zero-order chi connectivity index (χ0) is 26.5. The Morgan fingerprint density at radius 1 is 0.921 bits per heavy atom. The number of benzene rings is 2. The molecule has 0 radical (unpaired) electrons. The number of rotatable bonds is 11. The predicted molar refractivity (Wildman–Crippen MR) is 146 cm³/mol. The SMILES string of the molecule is CC(Cc1ccccc1)Nc1nc2c(c(=O)n(C)c(=O)n2C)n1CC(O)C[NH2+]C(C)Cc1ccccc1.[Cl-]. The maximum Gasteiger partial charge on any atom is 0.332 e. The molecule has 3 atom stereocenters. The fourth-order valence-electron chi connectivity index (χ4n) is 4.72. The highest BCUT2D eigenvalue weighted by Crippen LogP contribution is 2.18. The number of nitrogens with zero attached hydrogens (tertiary/aromatic N) is 4. The fourth-order valence-corrected chi connectivity index (χ4v) is 4.72. The maximum absolute atomic E-state index is 13.1. The molecule has 4 rings (SSSR count). The van der Waals surface area contributed by atoms with Gasteiger partial charge in [0.1, 0.15) is 12.6 Å². The Balaban J connectivity index is 0.00000400. The maximum atomic E-state index is 13.1. The summed E-state index contributed by atoms with van der Waals surface area (Å²) in [6.07, 6.45) is 0.935. The van der Waals surface area contributed by atoms with E-state index in [4.69, 9.17) is 0 Å². The number of aryl methyl sites for hydroxylation is 1. The zero-order valence-electron chi connectivity index (χ0n) is 22.3. The van der Waals surface area contributed by atoms with E-state index in [1.807, 2.05) is 43.3 Å². The van der Waals surface area contributed by atoms with Crippen molar-refractivity contribution in [3.63, 3.8) is 0 Å². The number of anilines is 1. The van der Waals surface area contributed by atoms with Gasteiger partial charge in [-0.3, -0.25) is 13.9 Å². The van der Waals surface area contributed by atoms with Crippen molar-refractivity contribution in [2.75, 3.05) is 11.9 Å². The summed E-state index contributed by atoms with van der Waals surface area (Å²) in [5.41, 5.74) is 2.17. The Kier molecular flexibility index (Phi) is 9.90. The van der Waals surface area contributed by atoms with Crippen LogP contribution in [0.2, 0.25) is 0 Å². The minimum absolute atomic E-state index is 0. The molecule has 2 heterocycles. The van der Waals surface area contributed by atoms with Crippen molar-refractivity contribution in [3.05, 3.63) is 92.6 Å². The van der Waals surface area contributed by atoms with Crippen molar-refractivity contribution in [1.29, 1.82) is 0 Å². The molecule has 204 valence electrons. The van der Waals surface area contributed by atoms with Gasteiger partial charge in [-0.1, -0.05) is 60.7 Å². The lowest BCUT2D eigenvalue weighted by atomic mass is 10.1. The van der Waals surface area contributed by atoms with Gasteiger partial charge in [-0.15, -0.1) is 0 Å². The highest BCUT2D eigenvalue weighted by Gasteiger charge is 2.23. The highest BCUT2D eigenvalue weighted by atomic mass is 35.5. The number of nitrogens with one attached hydrogen (secondary N) is 1. The van der Waals surface area contributed by atoms with Crippen LogP contribution in [0.25, 0.3) is 11.2 Å². The molecule has 4 N–H and O–H groups in total. The van der Waals surface area contributed by atoms with E-state index in [0.717, 1.165) is 17.4 Å². The topological polar surface area (TPSA) is 111 Å². The van der Waals surface area contributed by atoms with E-state index in [2.05, 4.69) is 46.8 Å². The summed E-state index contributed by atoms with van der Waals surface area (Å²) in [5, 5.41) is 16.5. The van der Waals surface area contributed by atoms with Crippen molar-refractivity contribution in [2.45, 2.75) is 51.4 Å². The van der Waals surface area contributed by atoms with Crippen LogP contribution in [0.15, 0.2) is 70.3 Å². The summed E-state index contributed by atoms with van der Waals surface area (Å²) < 4.78 is 4.18. The van der Waals surface area contributed by atoms with E-state index >= 15 is 0 Å². The molecule has 0 saturated heterocycles. The van der Waals surface area contributed by atoms with Gasteiger partial charge in [0.2, 0.25) is 5.95 Å². The van der Waals surface area contributed by atoms with Gasteiger partial charge in [0.25, 0.3) is 5.56 Å². The number of nitrogens with two attached hydrogens (primary N) is 1. The van der Waals surface area contributed by atoms with Crippen LogP contribution in [0.3, 0.4) is 0 Å². The Morgan fingerprint density at radius 3 is 2.11 bits per heavy atom. The van der Waals surface area contributed by atoms with Gasteiger partial charge in [0.15, 0.2) is 11.2 Å². The van der Waals surface area contributed by atoms with E-state index in [1.165, 1.54) is 22.7 Å². The summed E-state index contributed by atoms with van der Waals surface area (Å²) in [6.45, 7) is 4.83. The predicted octanol–water partition coefficient (Wildman–Crippen LogP) is -1.96. The van der Waals surface area contributed by atoms with Gasteiger partial charge in [-0.25, -0.2) is 4.79 Å². The number of hydrogen-bond acceptors (Lipinski definition) is 5. The molecular weight excluding hydrogens is 504 g/mol. The summed E-state index contributed by atoms with van der Waals surface area (Å²) in [4.78, 5) is 30.3. The number of halogens is 1. The van der Waals surface area contributed by atoms with E-state index in [0.29, 0.717) is 23.7 Å². The molecule has 0 fully saturated rings. The molecule has 2 aromatic carbocycles. The first-order valence-electron chi connectivity index (χ1n) is 12.8. The van der Waals surface area contributed by atoms with Gasteiger partial charge < -0.3 is 32.7 Å². The van der Waals surface area contributed by atoms with Crippen molar-refractivity contribution in [2.24, 2.45) is 14.1 Å². The van der Waals surface area contributed by atoms with E-state index < -0.39 is 17.4 Å². The molecule has 0 bridgehead atoms. The van der Waals surface area contributed by atoms with E-state index in [9.17, 15) is 14.7 Å².